The van der Waals surface area contributed by atoms with E-state index in [1.54, 1.807) is 19.1 Å². The van der Waals surface area contributed by atoms with E-state index in [4.69, 9.17) is 4.74 Å². The molecule has 1 aromatic rings. The zero-order valence-corrected chi connectivity index (χ0v) is 10.5. The average molecular weight is 252 g/mol. The van der Waals surface area contributed by atoms with Crippen LogP contribution in [0.25, 0.3) is 0 Å². The fraction of sp³-hybridized carbons (Fsp3) is 0.308. The molecule has 5 heteroatoms. The molecule has 0 heterocycles. The van der Waals surface area contributed by atoms with E-state index in [0.29, 0.717) is 12.2 Å². The van der Waals surface area contributed by atoms with Crippen LogP contribution in [0.3, 0.4) is 0 Å². The monoisotopic (exact) mass is 252 g/mol. The van der Waals surface area contributed by atoms with E-state index in [1.165, 1.54) is 19.2 Å². The van der Waals surface area contributed by atoms with Crippen molar-refractivity contribution in [3.8, 4) is 5.75 Å². The molecule has 0 saturated heterocycles. The minimum absolute atomic E-state index is 0.171. The van der Waals surface area contributed by atoms with Gasteiger partial charge in [0.25, 0.3) is 0 Å². The Bertz CT molecular complexity index is 435. The number of methoxy groups -OCH3 is 1. The first kappa shape index (κ1) is 14.0. The largest absolute Gasteiger partial charge is 0.494 e. The molecule has 1 amide bonds. The number of carbonyl (C=O) groups is 1. The van der Waals surface area contributed by atoms with Crippen LogP contribution < -0.4 is 15.4 Å². The lowest BCUT2D eigenvalue weighted by Crippen LogP contribution is -2.37. The first-order chi connectivity index (χ1) is 8.58. The Kier molecular flexibility index (Phi) is 5.17. The van der Waals surface area contributed by atoms with Crippen LogP contribution in [0, 0.1) is 5.82 Å². The van der Waals surface area contributed by atoms with Gasteiger partial charge in [0.2, 0.25) is 5.91 Å². The highest BCUT2D eigenvalue weighted by atomic mass is 19.1. The molecule has 1 atom stereocenters. The minimum Gasteiger partial charge on any atom is -0.494 e. The van der Waals surface area contributed by atoms with Crippen LogP contribution in [0.4, 0.5) is 10.1 Å². The predicted octanol–water partition coefficient (Wildman–Crippen LogP) is 1.94. The number of halogens is 1. The highest BCUT2D eigenvalue weighted by molar-refractivity contribution is 5.84. The number of ether oxygens (including phenoxy) is 1. The first-order valence-electron chi connectivity index (χ1n) is 5.57. The SMILES string of the molecule is C=CCNC(=O)C(C)Nc1ccc(OC)c(F)c1. The molecule has 0 aliphatic heterocycles. The van der Waals surface area contributed by atoms with Gasteiger partial charge in [0.15, 0.2) is 11.6 Å². The van der Waals surface area contributed by atoms with Crippen molar-refractivity contribution < 1.29 is 13.9 Å². The smallest absolute Gasteiger partial charge is 0.242 e. The molecule has 4 nitrogen and oxygen atoms in total. The lowest BCUT2D eigenvalue weighted by Gasteiger charge is -2.15. The normalized spacial score (nSPS) is 11.5. The maximum absolute atomic E-state index is 13.4. The van der Waals surface area contributed by atoms with Crippen molar-refractivity contribution in [3.05, 3.63) is 36.7 Å². The second-order valence-electron chi connectivity index (χ2n) is 3.75. The second kappa shape index (κ2) is 6.64. The first-order valence-corrected chi connectivity index (χ1v) is 5.57. The standard InChI is InChI=1S/C13H17FN2O2/c1-4-7-15-13(17)9(2)16-10-5-6-12(18-3)11(14)8-10/h4-6,8-9,16H,1,7H2,2-3H3,(H,15,17). The molecular formula is C13H17FN2O2. The van der Waals surface area contributed by atoms with Gasteiger partial charge in [0, 0.05) is 18.3 Å². The maximum atomic E-state index is 13.4. The van der Waals surface area contributed by atoms with Crippen molar-refractivity contribution in [2.24, 2.45) is 0 Å². The molecule has 1 aromatic carbocycles. The Morgan fingerprint density at radius 1 is 1.61 bits per heavy atom. The van der Waals surface area contributed by atoms with Crippen LogP contribution >= 0.6 is 0 Å². The van der Waals surface area contributed by atoms with Crippen molar-refractivity contribution >= 4 is 11.6 Å². The van der Waals surface area contributed by atoms with Crippen LogP contribution in [0.15, 0.2) is 30.9 Å². The van der Waals surface area contributed by atoms with Gasteiger partial charge in [-0.05, 0) is 19.1 Å². The summed E-state index contributed by atoms with van der Waals surface area (Å²) in [5, 5.41) is 5.55. The van der Waals surface area contributed by atoms with Crippen molar-refractivity contribution in [2.45, 2.75) is 13.0 Å². The highest BCUT2D eigenvalue weighted by Crippen LogP contribution is 2.20. The van der Waals surface area contributed by atoms with Crippen LogP contribution in [-0.2, 0) is 4.79 Å². The maximum Gasteiger partial charge on any atom is 0.242 e. The number of hydrogen-bond acceptors (Lipinski definition) is 3. The van der Waals surface area contributed by atoms with Crippen LogP contribution in [-0.4, -0.2) is 25.6 Å². The molecule has 0 fully saturated rings. The quantitative estimate of drug-likeness (QED) is 0.761. The molecule has 0 bridgehead atoms. The fourth-order valence-electron chi connectivity index (χ4n) is 1.40. The summed E-state index contributed by atoms with van der Waals surface area (Å²) in [6.07, 6.45) is 1.59. The number of hydrogen-bond donors (Lipinski definition) is 2. The molecule has 0 spiro atoms. The minimum atomic E-state index is -0.471. The number of benzene rings is 1. The highest BCUT2D eigenvalue weighted by Gasteiger charge is 2.12. The summed E-state index contributed by atoms with van der Waals surface area (Å²) in [5.41, 5.74) is 0.523. The van der Waals surface area contributed by atoms with E-state index in [2.05, 4.69) is 17.2 Å². The van der Waals surface area contributed by atoms with Gasteiger partial charge in [0.1, 0.15) is 6.04 Å². The van der Waals surface area contributed by atoms with Gasteiger partial charge in [-0.15, -0.1) is 6.58 Å². The molecule has 18 heavy (non-hydrogen) atoms. The van der Waals surface area contributed by atoms with Gasteiger partial charge >= 0.3 is 0 Å². The molecule has 0 aliphatic rings. The number of nitrogens with one attached hydrogen (secondary N) is 2. The molecule has 0 saturated carbocycles. The Morgan fingerprint density at radius 3 is 2.89 bits per heavy atom. The van der Waals surface area contributed by atoms with Crippen LogP contribution in [0.2, 0.25) is 0 Å². The number of carbonyl (C=O) groups excluding carboxylic acids is 1. The van der Waals surface area contributed by atoms with Crippen molar-refractivity contribution in [1.82, 2.24) is 5.32 Å². The Hall–Kier alpha value is -2.04. The number of anilines is 1. The lowest BCUT2D eigenvalue weighted by molar-refractivity contribution is -0.121. The van der Waals surface area contributed by atoms with E-state index in [-0.39, 0.29) is 11.7 Å². The topological polar surface area (TPSA) is 50.4 Å². The molecule has 1 unspecified atom stereocenters. The molecule has 0 aromatic heterocycles. The van der Waals surface area contributed by atoms with Crippen LogP contribution in [0.1, 0.15) is 6.92 Å². The average Bonchev–Trinajstić information content (AvgIpc) is 2.36. The zero-order chi connectivity index (χ0) is 13.5. The summed E-state index contributed by atoms with van der Waals surface area (Å²) in [4.78, 5) is 11.6. The van der Waals surface area contributed by atoms with Crippen LogP contribution in [0.5, 0.6) is 5.75 Å². The summed E-state index contributed by atoms with van der Waals surface area (Å²) >= 11 is 0. The van der Waals surface area contributed by atoms with Crippen molar-refractivity contribution in [2.75, 3.05) is 19.0 Å². The summed E-state index contributed by atoms with van der Waals surface area (Å²) in [5.74, 6) is -0.475. The molecule has 0 radical (unpaired) electrons. The van der Waals surface area contributed by atoms with Gasteiger partial charge in [-0.3, -0.25) is 4.79 Å². The van der Waals surface area contributed by atoms with E-state index in [9.17, 15) is 9.18 Å². The zero-order valence-electron chi connectivity index (χ0n) is 10.5. The second-order valence-corrected chi connectivity index (χ2v) is 3.75. The van der Waals surface area contributed by atoms with Gasteiger partial charge in [-0.25, -0.2) is 4.39 Å². The molecule has 2 N–H and O–H groups in total. The summed E-state index contributed by atoms with van der Waals surface area (Å²) in [6, 6.07) is 3.99. The molecule has 1 rings (SSSR count). The Morgan fingerprint density at radius 2 is 2.33 bits per heavy atom. The fourth-order valence-corrected chi connectivity index (χ4v) is 1.40. The third-order valence-corrected chi connectivity index (χ3v) is 2.35. The van der Waals surface area contributed by atoms with Crippen molar-refractivity contribution in [1.29, 1.82) is 0 Å². The predicted molar refractivity (Wildman–Crippen MR) is 69.2 cm³/mol. The Balaban J connectivity index is 2.64. The van der Waals surface area contributed by atoms with E-state index in [0.717, 1.165) is 0 Å². The molecule has 98 valence electrons. The number of amides is 1. The third kappa shape index (κ3) is 3.76. The van der Waals surface area contributed by atoms with Crippen molar-refractivity contribution in [3.63, 3.8) is 0 Å². The van der Waals surface area contributed by atoms with E-state index < -0.39 is 11.9 Å². The lowest BCUT2D eigenvalue weighted by atomic mass is 10.2. The summed E-state index contributed by atoms with van der Waals surface area (Å²) < 4.78 is 18.2. The van der Waals surface area contributed by atoms with Gasteiger partial charge in [-0.1, -0.05) is 6.08 Å². The van der Waals surface area contributed by atoms with Gasteiger partial charge < -0.3 is 15.4 Å². The summed E-state index contributed by atoms with van der Waals surface area (Å²) in [7, 11) is 1.40. The molecular weight excluding hydrogens is 235 g/mol. The van der Waals surface area contributed by atoms with E-state index >= 15 is 0 Å². The number of rotatable bonds is 6. The van der Waals surface area contributed by atoms with Gasteiger partial charge in [-0.2, -0.15) is 0 Å². The Labute approximate surface area is 106 Å². The molecule has 0 aliphatic carbocycles. The van der Waals surface area contributed by atoms with E-state index in [1.807, 2.05) is 0 Å². The third-order valence-electron chi connectivity index (χ3n) is 2.35. The summed E-state index contributed by atoms with van der Waals surface area (Å²) in [6.45, 7) is 5.61. The van der Waals surface area contributed by atoms with Gasteiger partial charge in [0.05, 0.1) is 7.11 Å².